The van der Waals surface area contributed by atoms with Crippen molar-refractivity contribution in [3.63, 3.8) is 0 Å². The second kappa shape index (κ2) is 9.39. The topological polar surface area (TPSA) is 104 Å². The number of aromatic nitrogens is 1. The van der Waals surface area contributed by atoms with E-state index in [0.717, 1.165) is 16.9 Å². The van der Waals surface area contributed by atoms with E-state index in [4.69, 9.17) is 4.74 Å². The molecule has 0 unspecified atom stereocenters. The van der Waals surface area contributed by atoms with Crippen LogP contribution in [0.4, 0.5) is 0 Å². The fourth-order valence-corrected chi connectivity index (χ4v) is 3.53. The predicted molar refractivity (Wildman–Crippen MR) is 113 cm³/mol. The molecule has 0 aliphatic heterocycles. The van der Waals surface area contributed by atoms with E-state index in [0.29, 0.717) is 12.3 Å². The van der Waals surface area contributed by atoms with Crippen LogP contribution in [0.2, 0.25) is 0 Å². The van der Waals surface area contributed by atoms with Gasteiger partial charge in [-0.25, -0.2) is 0 Å². The molecule has 0 spiro atoms. The number of nitrogens with zero attached hydrogens (tertiary/aromatic N) is 2. The summed E-state index contributed by atoms with van der Waals surface area (Å²) in [4.78, 5) is 25.3. The third kappa shape index (κ3) is 5.24. The molecule has 0 saturated heterocycles. The van der Waals surface area contributed by atoms with Gasteiger partial charge < -0.3 is 15.2 Å². The number of benzene rings is 1. The number of hydrogen-bond donors (Lipinski definition) is 2. The van der Waals surface area contributed by atoms with Gasteiger partial charge in [-0.3, -0.25) is 14.2 Å². The van der Waals surface area contributed by atoms with E-state index in [2.05, 4.69) is 11.0 Å². The number of carbonyl (C=O) groups is 1. The lowest BCUT2D eigenvalue weighted by Crippen LogP contribution is -2.47. The van der Waals surface area contributed by atoms with Crippen molar-refractivity contribution in [3.8, 4) is 11.8 Å². The van der Waals surface area contributed by atoms with E-state index < -0.39 is 11.4 Å². The monoisotopic (exact) mass is 413 g/mol. The standard InChI is InChI=1S/C21H23N3O4S/c1-5-24-19(27)17(10-9-14-7-6-8-15(11-14)28-4)29-20(24)16(12-22)18(26)23-21(2,3)13-25/h6-9,11,25H,5,13H2,1-4H3,(H,23,26)/b20-16-. The average Bonchev–Trinajstić information content (AvgIpc) is 3.02. The summed E-state index contributed by atoms with van der Waals surface area (Å²) >= 11 is 1.03. The molecular weight excluding hydrogens is 390 g/mol. The average molecular weight is 413 g/mol. The lowest BCUT2D eigenvalue weighted by atomic mass is 10.1. The summed E-state index contributed by atoms with van der Waals surface area (Å²) in [6.45, 7) is 5.05. The van der Waals surface area contributed by atoms with Crippen molar-refractivity contribution in [2.75, 3.05) is 13.7 Å². The van der Waals surface area contributed by atoms with Crippen LogP contribution in [-0.4, -0.2) is 34.8 Å². The van der Waals surface area contributed by atoms with Crippen LogP contribution in [0, 0.1) is 11.3 Å². The van der Waals surface area contributed by atoms with Crippen molar-refractivity contribution in [2.24, 2.45) is 0 Å². The molecule has 8 heteroatoms. The number of rotatable bonds is 6. The second-order valence-electron chi connectivity index (χ2n) is 6.83. The van der Waals surface area contributed by atoms with Crippen molar-refractivity contribution in [3.05, 3.63) is 49.4 Å². The van der Waals surface area contributed by atoms with E-state index in [1.165, 1.54) is 4.57 Å². The van der Waals surface area contributed by atoms with Crippen molar-refractivity contribution in [2.45, 2.75) is 32.9 Å². The van der Waals surface area contributed by atoms with Crippen LogP contribution in [0.1, 0.15) is 26.3 Å². The minimum atomic E-state index is -0.894. The van der Waals surface area contributed by atoms with Crippen molar-refractivity contribution in [1.29, 1.82) is 5.26 Å². The zero-order valence-electron chi connectivity index (χ0n) is 16.8. The van der Waals surface area contributed by atoms with Crippen LogP contribution in [0.3, 0.4) is 0 Å². The molecule has 0 aliphatic rings. The molecule has 1 aromatic carbocycles. The van der Waals surface area contributed by atoms with Crippen LogP contribution in [0.5, 0.6) is 5.75 Å². The highest BCUT2D eigenvalue weighted by molar-refractivity contribution is 7.07. The highest BCUT2D eigenvalue weighted by Crippen LogP contribution is 2.13. The fraction of sp³-hybridized carbons (Fsp3) is 0.333. The van der Waals surface area contributed by atoms with Crippen LogP contribution < -0.4 is 24.8 Å². The Balaban J connectivity index is 2.67. The Morgan fingerprint density at radius 2 is 2.17 bits per heavy atom. The van der Waals surface area contributed by atoms with Crippen molar-refractivity contribution >= 4 is 34.6 Å². The number of nitriles is 1. The quantitative estimate of drug-likeness (QED) is 0.721. The Bertz CT molecular complexity index is 1160. The van der Waals surface area contributed by atoms with Crippen LogP contribution >= 0.6 is 11.3 Å². The van der Waals surface area contributed by atoms with Crippen LogP contribution in [0.25, 0.3) is 17.4 Å². The molecule has 2 aromatic rings. The number of aliphatic hydroxyl groups is 1. The predicted octanol–water partition coefficient (Wildman–Crippen LogP) is 0.592. The number of ether oxygens (including phenoxy) is 1. The fourth-order valence-electron chi connectivity index (χ4n) is 2.46. The maximum Gasteiger partial charge on any atom is 0.277 e. The van der Waals surface area contributed by atoms with E-state index in [-0.39, 0.29) is 26.9 Å². The third-order valence-electron chi connectivity index (χ3n) is 4.06. The molecule has 0 saturated carbocycles. The SMILES string of the molecule is CCn1c(=O)c(=C=Cc2cccc(OC)c2)s/c1=C(/C#N)C(=O)NC(C)(C)CO. The van der Waals surface area contributed by atoms with Crippen LogP contribution in [0.15, 0.2) is 29.1 Å². The molecule has 1 aromatic heterocycles. The first-order chi connectivity index (χ1) is 13.8. The van der Waals surface area contributed by atoms with Crippen LogP contribution in [-0.2, 0) is 11.3 Å². The first-order valence-electron chi connectivity index (χ1n) is 8.94. The maximum atomic E-state index is 12.7. The minimum Gasteiger partial charge on any atom is -0.497 e. The number of amides is 1. The molecule has 1 heterocycles. The number of hydrogen-bond acceptors (Lipinski definition) is 6. The van der Waals surface area contributed by atoms with Gasteiger partial charge in [0.2, 0.25) is 0 Å². The Hall–Kier alpha value is -3.11. The Morgan fingerprint density at radius 3 is 2.76 bits per heavy atom. The van der Waals surface area contributed by atoms with Crippen molar-refractivity contribution < 1.29 is 14.6 Å². The molecule has 2 rings (SSSR count). The second-order valence-corrected chi connectivity index (χ2v) is 7.83. The van der Waals surface area contributed by atoms with E-state index >= 15 is 0 Å². The maximum absolute atomic E-state index is 12.7. The highest BCUT2D eigenvalue weighted by Gasteiger charge is 2.23. The zero-order chi connectivity index (χ0) is 21.6. The van der Waals surface area contributed by atoms with Gasteiger partial charge in [0.05, 0.1) is 19.3 Å². The summed E-state index contributed by atoms with van der Waals surface area (Å²) in [7, 11) is 1.57. The molecule has 0 fully saturated rings. The Labute approximate surface area is 172 Å². The Kier molecular flexibility index (Phi) is 7.18. The lowest BCUT2D eigenvalue weighted by molar-refractivity contribution is -0.117. The molecular formula is C21H23N3O4S. The minimum absolute atomic E-state index is 0.176. The van der Waals surface area contributed by atoms with Gasteiger partial charge in [-0.15, -0.1) is 11.3 Å². The molecule has 7 nitrogen and oxygen atoms in total. The first kappa shape index (κ1) is 22.2. The number of aliphatic hydroxyl groups excluding tert-OH is 1. The molecule has 0 radical (unpaired) electrons. The summed E-state index contributed by atoms with van der Waals surface area (Å²) in [5, 5.41) is 21.5. The molecule has 152 valence electrons. The smallest absolute Gasteiger partial charge is 0.277 e. The third-order valence-corrected chi connectivity index (χ3v) is 5.18. The normalized spacial score (nSPS) is 11.9. The lowest BCUT2D eigenvalue weighted by Gasteiger charge is -2.22. The molecule has 0 bridgehead atoms. The molecule has 29 heavy (non-hydrogen) atoms. The number of thiazole rings is 1. The first-order valence-corrected chi connectivity index (χ1v) is 9.76. The summed E-state index contributed by atoms with van der Waals surface area (Å²) in [5.74, 6) is 0.0417. The summed E-state index contributed by atoms with van der Waals surface area (Å²) in [6, 6.07) is 9.17. The van der Waals surface area contributed by atoms with E-state index in [1.807, 2.05) is 24.3 Å². The van der Waals surface area contributed by atoms with E-state index in [9.17, 15) is 20.0 Å². The van der Waals surface area contributed by atoms with Gasteiger partial charge in [-0.2, -0.15) is 5.26 Å². The zero-order valence-corrected chi connectivity index (χ0v) is 17.6. The van der Waals surface area contributed by atoms with Gasteiger partial charge in [-0.05, 0) is 44.5 Å². The summed E-state index contributed by atoms with van der Waals surface area (Å²) in [6.07, 6.45) is 1.65. The van der Waals surface area contributed by atoms with Gasteiger partial charge in [0, 0.05) is 6.54 Å². The molecule has 1 amide bonds. The number of carbonyl (C=O) groups excluding carboxylic acids is 1. The molecule has 2 N–H and O–H groups in total. The molecule has 0 aliphatic carbocycles. The number of nitrogens with one attached hydrogen (secondary N) is 1. The largest absolute Gasteiger partial charge is 0.497 e. The van der Waals surface area contributed by atoms with Gasteiger partial charge in [0.25, 0.3) is 11.5 Å². The van der Waals surface area contributed by atoms with E-state index in [1.54, 1.807) is 40.0 Å². The summed E-state index contributed by atoms with van der Waals surface area (Å²) in [5.41, 5.74) is 2.37. The molecule has 0 atom stereocenters. The summed E-state index contributed by atoms with van der Waals surface area (Å²) < 4.78 is 7.09. The van der Waals surface area contributed by atoms with Gasteiger partial charge in [0.15, 0.2) is 5.57 Å². The van der Waals surface area contributed by atoms with Gasteiger partial charge in [-0.1, -0.05) is 17.9 Å². The Morgan fingerprint density at radius 1 is 1.45 bits per heavy atom. The number of methoxy groups -OCH3 is 1. The van der Waals surface area contributed by atoms with Crippen molar-refractivity contribution in [1.82, 2.24) is 9.88 Å². The van der Waals surface area contributed by atoms with Gasteiger partial charge in [0.1, 0.15) is 21.0 Å². The van der Waals surface area contributed by atoms with Gasteiger partial charge >= 0.3 is 0 Å². The highest BCUT2D eigenvalue weighted by atomic mass is 32.1.